The standard InChI is InChI=1S/C10H11BrO3/c1-6(2)14-9-5-7(10(12)13)3-4-8(9)11/h3-6H,1-2H3,(H,12,13). The summed E-state index contributed by atoms with van der Waals surface area (Å²) in [6.07, 6.45) is 0.0235. The molecular weight excluding hydrogens is 248 g/mol. The molecular formula is C10H11BrO3. The Bertz CT molecular complexity index is 347. The first-order chi connectivity index (χ1) is 6.50. The van der Waals surface area contributed by atoms with E-state index in [9.17, 15) is 4.79 Å². The molecule has 0 aromatic heterocycles. The van der Waals surface area contributed by atoms with Crippen LogP contribution < -0.4 is 4.74 Å². The zero-order chi connectivity index (χ0) is 10.7. The minimum absolute atomic E-state index is 0.0235. The van der Waals surface area contributed by atoms with Crippen molar-refractivity contribution in [2.75, 3.05) is 0 Å². The van der Waals surface area contributed by atoms with Crippen molar-refractivity contribution in [3.63, 3.8) is 0 Å². The van der Waals surface area contributed by atoms with E-state index in [1.54, 1.807) is 6.07 Å². The van der Waals surface area contributed by atoms with Gasteiger partial charge in [-0.1, -0.05) is 0 Å². The fourth-order valence-electron chi connectivity index (χ4n) is 0.981. The van der Waals surface area contributed by atoms with Crippen molar-refractivity contribution in [3.8, 4) is 5.75 Å². The van der Waals surface area contributed by atoms with Crippen molar-refractivity contribution in [2.24, 2.45) is 0 Å². The van der Waals surface area contributed by atoms with Gasteiger partial charge < -0.3 is 9.84 Å². The zero-order valence-corrected chi connectivity index (χ0v) is 9.54. The summed E-state index contributed by atoms with van der Waals surface area (Å²) >= 11 is 3.29. The molecule has 0 radical (unpaired) electrons. The minimum atomic E-state index is -0.953. The molecule has 0 amide bonds. The number of hydrogen-bond donors (Lipinski definition) is 1. The van der Waals surface area contributed by atoms with Gasteiger partial charge in [0.15, 0.2) is 0 Å². The van der Waals surface area contributed by atoms with Crippen LogP contribution in [0.15, 0.2) is 22.7 Å². The highest BCUT2D eigenvalue weighted by molar-refractivity contribution is 9.10. The summed E-state index contributed by atoms with van der Waals surface area (Å²) in [6.45, 7) is 3.78. The lowest BCUT2D eigenvalue weighted by molar-refractivity contribution is 0.0696. The smallest absolute Gasteiger partial charge is 0.335 e. The second-order valence-electron chi connectivity index (χ2n) is 3.12. The number of benzene rings is 1. The maximum atomic E-state index is 10.7. The molecule has 3 nitrogen and oxygen atoms in total. The van der Waals surface area contributed by atoms with Crippen molar-refractivity contribution in [1.29, 1.82) is 0 Å². The van der Waals surface area contributed by atoms with Crippen molar-refractivity contribution in [1.82, 2.24) is 0 Å². The average Bonchev–Trinajstić information content (AvgIpc) is 2.07. The third-order valence-corrected chi connectivity index (χ3v) is 2.20. The monoisotopic (exact) mass is 258 g/mol. The molecule has 0 bridgehead atoms. The average molecular weight is 259 g/mol. The topological polar surface area (TPSA) is 46.5 Å². The second kappa shape index (κ2) is 4.46. The quantitative estimate of drug-likeness (QED) is 0.907. The normalized spacial score (nSPS) is 10.3. The predicted molar refractivity (Wildman–Crippen MR) is 56.9 cm³/mol. The summed E-state index contributed by atoms with van der Waals surface area (Å²) < 4.78 is 6.19. The van der Waals surface area contributed by atoms with Gasteiger partial charge in [0.1, 0.15) is 5.75 Å². The summed E-state index contributed by atoms with van der Waals surface area (Å²) in [7, 11) is 0. The first-order valence-corrected chi connectivity index (χ1v) is 4.99. The minimum Gasteiger partial charge on any atom is -0.490 e. The molecule has 0 aliphatic carbocycles. The zero-order valence-electron chi connectivity index (χ0n) is 7.95. The lowest BCUT2D eigenvalue weighted by Crippen LogP contribution is -2.07. The fourth-order valence-corrected chi connectivity index (χ4v) is 1.32. The molecule has 0 spiro atoms. The number of aromatic carboxylic acids is 1. The van der Waals surface area contributed by atoms with Gasteiger partial charge in [-0.2, -0.15) is 0 Å². The van der Waals surface area contributed by atoms with E-state index in [0.29, 0.717) is 5.75 Å². The molecule has 1 aromatic carbocycles. The Labute approximate surface area is 90.8 Å². The highest BCUT2D eigenvalue weighted by Gasteiger charge is 2.08. The molecule has 76 valence electrons. The molecule has 0 aliphatic heterocycles. The van der Waals surface area contributed by atoms with Crippen molar-refractivity contribution in [2.45, 2.75) is 20.0 Å². The van der Waals surface area contributed by atoms with Gasteiger partial charge in [-0.15, -0.1) is 0 Å². The lowest BCUT2D eigenvalue weighted by Gasteiger charge is -2.11. The number of ether oxygens (including phenoxy) is 1. The molecule has 1 aromatic rings. The Morgan fingerprint density at radius 1 is 1.50 bits per heavy atom. The van der Waals surface area contributed by atoms with E-state index < -0.39 is 5.97 Å². The second-order valence-corrected chi connectivity index (χ2v) is 3.97. The maximum Gasteiger partial charge on any atom is 0.335 e. The van der Waals surface area contributed by atoms with E-state index in [2.05, 4.69) is 15.9 Å². The number of carboxylic acids is 1. The van der Waals surface area contributed by atoms with Crippen molar-refractivity contribution in [3.05, 3.63) is 28.2 Å². The Balaban J connectivity index is 3.02. The molecule has 0 saturated heterocycles. The van der Waals surface area contributed by atoms with Gasteiger partial charge >= 0.3 is 5.97 Å². The van der Waals surface area contributed by atoms with Crippen LogP contribution in [0.5, 0.6) is 5.75 Å². The van der Waals surface area contributed by atoms with E-state index in [-0.39, 0.29) is 11.7 Å². The van der Waals surface area contributed by atoms with E-state index in [1.807, 2.05) is 13.8 Å². The van der Waals surface area contributed by atoms with Gasteiger partial charge in [0.2, 0.25) is 0 Å². The van der Waals surface area contributed by atoms with E-state index in [0.717, 1.165) is 4.47 Å². The van der Waals surface area contributed by atoms with Crippen LogP contribution in [0.4, 0.5) is 0 Å². The summed E-state index contributed by atoms with van der Waals surface area (Å²) in [5.41, 5.74) is 0.226. The highest BCUT2D eigenvalue weighted by Crippen LogP contribution is 2.26. The fraction of sp³-hybridized carbons (Fsp3) is 0.300. The SMILES string of the molecule is CC(C)Oc1cc(C(=O)O)ccc1Br. The van der Waals surface area contributed by atoms with Gasteiger partial charge in [0.25, 0.3) is 0 Å². The van der Waals surface area contributed by atoms with Crippen molar-refractivity contribution >= 4 is 21.9 Å². The Morgan fingerprint density at radius 3 is 2.64 bits per heavy atom. The first-order valence-electron chi connectivity index (χ1n) is 4.20. The number of hydrogen-bond acceptors (Lipinski definition) is 2. The first kappa shape index (κ1) is 11.0. The van der Waals surface area contributed by atoms with Gasteiger partial charge in [-0.3, -0.25) is 0 Å². The third-order valence-electron chi connectivity index (χ3n) is 1.54. The highest BCUT2D eigenvalue weighted by atomic mass is 79.9. The van der Waals surface area contributed by atoms with E-state index in [1.165, 1.54) is 12.1 Å². The molecule has 1 N–H and O–H groups in total. The summed E-state index contributed by atoms with van der Waals surface area (Å²) in [5, 5.41) is 8.76. The molecule has 0 aliphatic rings. The van der Waals surface area contributed by atoms with E-state index in [4.69, 9.17) is 9.84 Å². The predicted octanol–water partition coefficient (Wildman–Crippen LogP) is 2.93. The van der Waals surface area contributed by atoms with Crippen LogP contribution in [0.3, 0.4) is 0 Å². The number of rotatable bonds is 3. The Hall–Kier alpha value is -1.03. The molecule has 0 heterocycles. The van der Waals surface area contributed by atoms with Gasteiger partial charge in [-0.05, 0) is 48.0 Å². The molecule has 0 fully saturated rings. The third kappa shape index (κ3) is 2.73. The molecule has 4 heteroatoms. The molecule has 14 heavy (non-hydrogen) atoms. The van der Waals surface area contributed by atoms with Gasteiger partial charge in [0.05, 0.1) is 16.1 Å². The van der Waals surface area contributed by atoms with Crippen LogP contribution in [0.1, 0.15) is 24.2 Å². The molecule has 0 unspecified atom stereocenters. The van der Waals surface area contributed by atoms with Crippen LogP contribution in [0, 0.1) is 0 Å². The van der Waals surface area contributed by atoms with Crippen LogP contribution >= 0.6 is 15.9 Å². The maximum absolute atomic E-state index is 10.7. The summed E-state index contributed by atoms with van der Waals surface area (Å²) in [5.74, 6) is -0.397. The summed E-state index contributed by atoms with van der Waals surface area (Å²) in [6, 6.07) is 4.70. The number of carbonyl (C=O) groups is 1. The van der Waals surface area contributed by atoms with E-state index >= 15 is 0 Å². The van der Waals surface area contributed by atoms with Crippen LogP contribution in [-0.4, -0.2) is 17.2 Å². The van der Waals surface area contributed by atoms with Crippen LogP contribution in [0.25, 0.3) is 0 Å². The largest absolute Gasteiger partial charge is 0.490 e. The number of carboxylic acid groups (broad SMARTS) is 1. The van der Waals surface area contributed by atoms with Gasteiger partial charge in [-0.25, -0.2) is 4.79 Å². The van der Waals surface area contributed by atoms with Crippen LogP contribution in [0.2, 0.25) is 0 Å². The van der Waals surface area contributed by atoms with Crippen molar-refractivity contribution < 1.29 is 14.6 Å². The Kier molecular flexibility index (Phi) is 3.52. The Morgan fingerprint density at radius 2 is 2.14 bits per heavy atom. The molecule has 1 rings (SSSR count). The summed E-state index contributed by atoms with van der Waals surface area (Å²) in [4.78, 5) is 10.7. The van der Waals surface area contributed by atoms with Crippen LogP contribution in [-0.2, 0) is 0 Å². The lowest BCUT2D eigenvalue weighted by atomic mass is 10.2. The number of halogens is 1. The molecule has 0 saturated carbocycles. The molecule has 0 atom stereocenters. The van der Waals surface area contributed by atoms with Gasteiger partial charge in [0, 0.05) is 0 Å².